The van der Waals surface area contributed by atoms with Gasteiger partial charge in [0.25, 0.3) is 0 Å². The van der Waals surface area contributed by atoms with E-state index in [9.17, 15) is 79.0 Å². The first-order valence-corrected chi connectivity index (χ1v) is 17.1. The Morgan fingerprint density at radius 3 is 1.38 bits per heavy atom. The van der Waals surface area contributed by atoms with Gasteiger partial charge in [0.05, 0.1) is 26.4 Å². The van der Waals surface area contributed by atoms with Crippen LogP contribution in [0.15, 0.2) is 0 Å². The first-order chi connectivity index (χ1) is 24.4. The quantitative estimate of drug-likeness (QED) is 0.0770. The Morgan fingerprint density at radius 2 is 0.962 bits per heavy atom. The smallest absolute Gasteiger partial charge is 0.394 e. The van der Waals surface area contributed by atoms with Crippen LogP contribution in [0.4, 0.5) is 0 Å². The van der Waals surface area contributed by atoms with Crippen LogP contribution in [0, 0.1) is 0 Å². The predicted molar refractivity (Wildman–Crippen MR) is 156 cm³/mol. The van der Waals surface area contributed by atoms with Gasteiger partial charge in [-0.1, -0.05) is 0 Å². The van der Waals surface area contributed by atoms with Gasteiger partial charge in [-0.05, 0) is 0 Å². The van der Waals surface area contributed by atoms with E-state index < -0.39 is 165 Å². The Kier molecular flexibility index (Phi) is 15.0. The molecule has 0 bridgehead atoms. The highest BCUT2D eigenvalue weighted by Gasteiger charge is 2.56. The van der Waals surface area contributed by atoms with Crippen LogP contribution in [0.3, 0.4) is 0 Å². The van der Waals surface area contributed by atoms with E-state index in [2.05, 4.69) is 9.50 Å². The van der Waals surface area contributed by atoms with Gasteiger partial charge < -0.3 is 99.8 Å². The Balaban J connectivity index is 1.60. The van der Waals surface area contributed by atoms with Gasteiger partial charge in [-0.3, -0.25) is 9.35 Å². The third-order valence-corrected chi connectivity index (χ3v) is 9.28. The zero-order chi connectivity index (χ0) is 38.8. The van der Waals surface area contributed by atoms with Crippen molar-refractivity contribution in [3.8, 4) is 0 Å². The van der Waals surface area contributed by atoms with Crippen LogP contribution in [-0.2, 0) is 52.5 Å². The van der Waals surface area contributed by atoms with Crippen LogP contribution in [0.2, 0.25) is 0 Å². The minimum absolute atomic E-state index is 0.872. The summed E-state index contributed by atoms with van der Waals surface area (Å²) in [5.74, 6) is -0.885. The molecule has 0 aromatic rings. The number of carbonyl (C=O) groups is 1. The standard InChI is InChI=1S/C26H45NO24S/c1-6(32)27-11-20(51-52(41,42)43)12(33)7(2-28)45-24(11)49-21-13(34)8(3-29)47-26(17(21)38)50-22-14(35)9(4-30)46-25(18(22)39)48-19-10(5-31)44-23(40)16(37)15(19)36/h7-26,28-31,33-40H,2-5H2,1H3,(H,27,32)(H,41,42,43)/t7-,8-,9-,10-,11-,12+,13+,14+,15-,16-,17-,18-,19-,20-,21+,22+,23?,24+,25+,26-/m1/s1. The van der Waals surface area contributed by atoms with E-state index in [-0.39, 0.29) is 0 Å². The van der Waals surface area contributed by atoms with Crippen molar-refractivity contribution in [3.63, 3.8) is 0 Å². The summed E-state index contributed by atoms with van der Waals surface area (Å²) in [4.78, 5) is 12.0. The maximum absolute atomic E-state index is 12.0. The second-order valence-corrected chi connectivity index (χ2v) is 13.4. The fraction of sp³-hybridized carbons (Fsp3) is 0.962. The lowest BCUT2D eigenvalue weighted by molar-refractivity contribution is -0.386. The lowest BCUT2D eigenvalue weighted by Gasteiger charge is -2.49. The van der Waals surface area contributed by atoms with Gasteiger partial charge in [0.1, 0.15) is 97.6 Å². The van der Waals surface area contributed by atoms with Crippen molar-refractivity contribution in [1.29, 1.82) is 0 Å². The number of ether oxygens (including phenoxy) is 7. The summed E-state index contributed by atoms with van der Waals surface area (Å²) < 4.78 is 75.3. The second-order valence-electron chi connectivity index (χ2n) is 12.4. The number of hydrogen-bond acceptors (Lipinski definition) is 23. The zero-order valence-corrected chi connectivity index (χ0v) is 27.9. The van der Waals surface area contributed by atoms with E-state index in [0.29, 0.717) is 0 Å². The highest BCUT2D eigenvalue weighted by atomic mass is 32.3. The fourth-order valence-corrected chi connectivity index (χ4v) is 6.69. The summed E-state index contributed by atoms with van der Waals surface area (Å²) >= 11 is 0. The van der Waals surface area contributed by atoms with Gasteiger partial charge in [0.2, 0.25) is 5.91 Å². The van der Waals surface area contributed by atoms with Crippen LogP contribution in [0.5, 0.6) is 0 Å². The lowest BCUT2D eigenvalue weighted by atomic mass is 9.95. The van der Waals surface area contributed by atoms with Gasteiger partial charge in [0, 0.05) is 6.92 Å². The molecular formula is C26H45NO24S. The monoisotopic (exact) mass is 787 g/mol. The summed E-state index contributed by atoms with van der Waals surface area (Å²) in [7, 11) is -5.34. The lowest BCUT2D eigenvalue weighted by Crippen LogP contribution is -2.69. The zero-order valence-electron chi connectivity index (χ0n) is 27.1. The third kappa shape index (κ3) is 9.50. The Labute approximate surface area is 294 Å². The third-order valence-electron chi connectivity index (χ3n) is 8.81. The van der Waals surface area contributed by atoms with E-state index in [1.165, 1.54) is 0 Å². The van der Waals surface area contributed by atoms with Crippen molar-refractivity contribution < 1.29 is 116 Å². The molecule has 0 spiro atoms. The molecule has 0 saturated carbocycles. The molecule has 14 N–H and O–H groups in total. The SMILES string of the molecule is CC(=O)N[C@H]1[C@H](O[C@H]2[C@@H](O)[C@@H](CO)O[C@H](O[C@H]3[C@@H](O)[C@@H](CO)O[C@@H](O[C@H]4[C@H](O)[C@@H](O)C(O)O[C@@H]4CO)[C@@H]3O)[C@@H]2O)O[C@H](CO)[C@H](O)[C@@H]1OS(=O)(=O)O. The average Bonchev–Trinajstić information content (AvgIpc) is 3.08. The molecule has 0 radical (unpaired) electrons. The van der Waals surface area contributed by atoms with E-state index >= 15 is 0 Å². The highest BCUT2D eigenvalue weighted by Crippen LogP contribution is 2.35. The largest absolute Gasteiger partial charge is 0.397 e. The molecule has 4 heterocycles. The van der Waals surface area contributed by atoms with E-state index in [0.717, 1.165) is 6.92 Å². The van der Waals surface area contributed by atoms with Gasteiger partial charge in [-0.25, -0.2) is 4.18 Å². The van der Waals surface area contributed by atoms with Crippen LogP contribution >= 0.6 is 0 Å². The van der Waals surface area contributed by atoms with Crippen LogP contribution < -0.4 is 5.32 Å². The number of amides is 1. The second kappa shape index (κ2) is 18.0. The number of rotatable bonds is 13. The van der Waals surface area contributed by atoms with Crippen molar-refractivity contribution in [2.24, 2.45) is 0 Å². The topological polar surface area (TPSA) is 400 Å². The molecule has 1 unspecified atom stereocenters. The number of aliphatic hydroxyl groups is 12. The summed E-state index contributed by atoms with van der Waals surface area (Å²) in [5.41, 5.74) is 0. The molecule has 1 amide bonds. The molecule has 52 heavy (non-hydrogen) atoms. The minimum atomic E-state index is -5.34. The molecule has 304 valence electrons. The molecule has 26 heteroatoms. The molecule has 0 aliphatic carbocycles. The molecule has 0 aromatic heterocycles. The normalized spacial score (nSPS) is 47.6. The van der Waals surface area contributed by atoms with Crippen molar-refractivity contribution in [1.82, 2.24) is 5.32 Å². The molecule has 4 fully saturated rings. The fourth-order valence-electron chi connectivity index (χ4n) is 6.18. The van der Waals surface area contributed by atoms with E-state index in [4.69, 9.17) is 33.2 Å². The van der Waals surface area contributed by atoms with Crippen molar-refractivity contribution in [2.45, 2.75) is 130 Å². The van der Waals surface area contributed by atoms with Gasteiger partial charge in [0.15, 0.2) is 25.2 Å². The van der Waals surface area contributed by atoms with E-state index in [1.807, 2.05) is 0 Å². The van der Waals surface area contributed by atoms with Gasteiger partial charge in [-0.15, -0.1) is 0 Å². The van der Waals surface area contributed by atoms with E-state index in [1.54, 1.807) is 0 Å². The molecule has 4 saturated heterocycles. The van der Waals surface area contributed by atoms with Crippen LogP contribution in [-0.4, -0.2) is 229 Å². The molecule has 0 aromatic carbocycles. The average molecular weight is 788 g/mol. The number of aliphatic hydroxyl groups excluding tert-OH is 12. The summed E-state index contributed by atoms with van der Waals surface area (Å²) in [6.07, 6.45) is -36.3. The summed E-state index contributed by atoms with van der Waals surface area (Å²) in [6.45, 7) is -2.88. The molecule has 20 atom stereocenters. The molecule has 4 rings (SSSR count). The van der Waals surface area contributed by atoms with Crippen molar-refractivity contribution >= 4 is 16.3 Å². The highest BCUT2D eigenvalue weighted by molar-refractivity contribution is 7.80. The minimum Gasteiger partial charge on any atom is -0.394 e. The van der Waals surface area contributed by atoms with Crippen molar-refractivity contribution in [3.05, 3.63) is 0 Å². The summed E-state index contributed by atoms with van der Waals surface area (Å²) in [6, 6.07) is -1.84. The predicted octanol–water partition coefficient (Wildman–Crippen LogP) is -9.78. The van der Waals surface area contributed by atoms with Crippen LogP contribution in [0.1, 0.15) is 6.92 Å². The van der Waals surface area contributed by atoms with Crippen molar-refractivity contribution in [2.75, 3.05) is 26.4 Å². The number of hydrogen-bond donors (Lipinski definition) is 14. The number of carbonyl (C=O) groups excluding carboxylic acids is 1. The Bertz CT molecular complexity index is 1260. The summed E-state index contributed by atoms with van der Waals surface area (Å²) in [5, 5.41) is 127. The van der Waals surface area contributed by atoms with Crippen LogP contribution in [0.25, 0.3) is 0 Å². The maximum Gasteiger partial charge on any atom is 0.397 e. The van der Waals surface area contributed by atoms with Gasteiger partial charge >= 0.3 is 10.4 Å². The molecule has 4 aliphatic heterocycles. The first-order valence-electron chi connectivity index (χ1n) is 15.8. The Morgan fingerprint density at radius 1 is 0.558 bits per heavy atom. The molecule has 25 nitrogen and oxygen atoms in total. The number of nitrogens with one attached hydrogen (secondary N) is 1. The van der Waals surface area contributed by atoms with Gasteiger partial charge in [-0.2, -0.15) is 8.42 Å². The molecular weight excluding hydrogens is 742 g/mol. The molecule has 4 aliphatic rings. The maximum atomic E-state index is 12.0. The first kappa shape index (κ1) is 43.3. The Hall–Kier alpha value is -1.42.